The van der Waals surface area contributed by atoms with Gasteiger partial charge in [0, 0.05) is 14.9 Å². The van der Waals surface area contributed by atoms with Crippen LogP contribution in [0.25, 0.3) is 0 Å². The molecule has 0 saturated carbocycles. The quantitative estimate of drug-likeness (QED) is 0.622. The van der Waals surface area contributed by atoms with Gasteiger partial charge in [-0.1, -0.05) is 6.07 Å². The summed E-state index contributed by atoms with van der Waals surface area (Å²) in [5, 5.41) is 2.77. The van der Waals surface area contributed by atoms with Gasteiger partial charge in [0.1, 0.15) is 5.69 Å². The summed E-state index contributed by atoms with van der Waals surface area (Å²) in [5.41, 5.74) is 6.86. The van der Waals surface area contributed by atoms with Crippen molar-refractivity contribution in [2.45, 2.75) is 6.92 Å². The van der Waals surface area contributed by atoms with Crippen molar-refractivity contribution in [3.8, 4) is 0 Å². The molecule has 0 unspecified atom stereocenters. The highest BCUT2D eigenvalue weighted by atomic mass is 127. The summed E-state index contributed by atoms with van der Waals surface area (Å²) in [7, 11) is 0. The molecule has 18 heavy (non-hydrogen) atoms. The molecule has 2 rings (SSSR count). The molecule has 5 heteroatoms. The Bertz CT molecular complexity index is 577. The van der Waals surface area contributed by atoms with Crippen molar-refractivity contribution in [1.82, 2.24) is 0 Å². The predicted molar refractivity (Wildman–Crippen MR) is 77.9 cm³/mol. The Balaban J connectivity index is 2.43. The molecule has 0 aliphatic heterocycles. The summed E-state index contributed by atoms with van der Waals surface area (Å²) >= 11 is 2.17. The third kappa shape index (κ3) is 2.55. The minimum absolute atomic E-state index is 0.0647. The van der Waals surface area contributed by atoms with Crippen LogP contribution in [0.2, 0.25) is 0 Å². The number of nitrogens with one attached hydrogen (secondary N) is 1. The van der Waals surface area contributed by atoms with E-state index in [9.17, 15) is 8.78 Å². The minimum atomic E-state index is -0.703. The minimum Gasteiger partial charge on any atom is -0.399 e. The standard InChI is InChI=1S/C13H11F2IN2/c1-7-11(16)3-2-4-12(7)18-13-9(14)5-8(17)6-10(13)15/h2-6,18H,17H2,1H3. The van der Waals surface area contributed by atoms with Crippen LogP contribution in [-0.4, -0.2) is 0 Å². The second kappa shape index (κ2) is 5.09. The molecular formula is C13H11F2IN2. The highest BCUT2D eigenvalue weighted by Gasteiger charge is 2.12. The van der Waals surface area contributed by atoms with Crippen LogP contribution < -0.4 is 11.1 Å². The number of anilines is 3. The molecule has 0 aromatic heterocycles. The van der Waals surface area contributed by atoms with Gasteiger partial charge in [0.2, 0.25) is 0 Å². The predicted octanol–water partition coefficient (Wildman–Crippen LogP) is 4.20. The molecular weight excluding hydrogens is 349 g/mol. The van der Waals surface area contributed by atoms with E-state index in [0.717, 1.165) is 21.3 Å². The summed E-state index contributed by atoms with van der Waals surface area (Å²) in [6.45, 7) is 1.89. The van der Waals surface area contributed by atoms with E-state index in [-0.39, 0.29) is 11.4 Å². The topological polar surface area (TPSA) is 38.0 Å². The van der Waals surface area contributed by atoms with Crippen molar-refractivity contribution in [3.05, 3.63) is 51.1 Å². The van der Waals surface area contributed by atoms with E-state index >= 15 is 0 Å². The van der Waals surface area contributed by atoms with Crippen molar-refractivity contribution in [2.75, 3.05) is 11.1 Å². The fraction of sp³-hybridized carbons (Fsp3) is 0.0769. The molecule has 0 saturated heterocycles. The van der Waals surface area contributed by atoms with Gasteiger partial charge in [0.05, 0.1) is 0 Å². The maximum Gasteiger partial charge on any atom is 0.151 e. The molecule has 3 N–H and O–H groups in total. The summed E-state index contributed by atoms with van der Waals surface area (Å²) in [4.78, 5) is 0. The second-order valence-electron chi connectivity index (χ2n) is 3.90. The first-order valence-corrected chi connectivity index (χ1v) is 6.33. The Morgan fingerprint density at radius 1 is 1.17 bits per heavy atom. The van der Waals surface area contributed by atoms with E-state index in [0.29, 0.717) is 5.69 Å². The number of hydrogen-bond acceptors (Lipinski definition) is 2. The molecule has 0 amide bonds. The zero-order chi connectivity index (χ0) is 13.3. The van der Waals surface area contributed by atoms with Crippen molar-refractivity contribution < 1.29 is 8.78 Å². The Hall–Kier alpha value is -1.37. The van der Waals surface area contributed by atoms with Gasteiger partial charge in [-0.3, -0.25) is 0 Å². The molecule has 94 valence electrons. The smallest absolute Gasteiger partial charge is 0.151 e. The van der Waals surface area contributed by atoms with Crippen LogP contribution in [0.5, 0.6) is 0 Å². The first kappa shape index (κ1) is 13.1. The lowest BCUT2D eigenvalue weighted by molar-refractivity contribution is 0.592. The SMILES string of the molecule is Cc1c(I)cccc1Nc1c(F)cc(N)cc1F. The van der Waals surface area contributed by atoms with Crippen molar-refractivity contribution >= 4 is 39.7 Å². The van der Waals surface area contributed by atoms with Gasteiger partial charge in [-0.05, 0) is 59.3 Å². The fourth-order valence-electron chi connectivity index (χ4n) is 1.59. The first-order valence-electron chi connectivity index (χ1n) is 5.25. The number of benzene rings is 2. The zero-order valence-corrected chi connectivity index (χ0v) is 11.8. The number of nitrogens with two attached hydrogens (primary N) is 1. The number of rotatable bonds is 2. The van der Waals surface area contributed by atoms with E-state index in [4.69, 9.17) is 5.73 Å². The molecule has 0 aliphatic carbocycles. The molecule has 0 spiro atoms. The summed E-state index contributed by atoms with van der Waals surface area (Å²) in [6, 6.07) is 7.71. The Morgan fingerprint density at radius 2 is 1.78 bits per heavy atom. The molecule has 2 aromatic rings. The van der Waals surface area contributed by atoms with Crippen molar-refractivity contribution in [1.29, 1.82) is 0 Å². The van der Waals surface area contributed by atoms with Crippen LogP contribution in [0.1, 0.15) is 5.56 Å². The molecule has 2 nitrogen and oxygen atoms in total. The van der Waals surface area contributed by atoms with Gasteiger partial charge in [0.25, 0.3) is 0 Å². The largest absolute Gasteiger partial charge is 0.399 e. The lowest BCUT2D eigenvalue weighted by Gasteiger charge is -2.12. The van der Waals surface area contributed by atoms with Gasteiger partial charge in [-0.25, -0.2) is 8.78 Å². The highest BCUT2D eigenvalue weighted by molar-refractivity contribution is 14.1. The molecule has 0 heterocycles. The lowest BCUT2D eigenvalue weighted by atomic mass is 10.2. The zero-order valence-electron chi connectivity index (χ0n) is 9.60. The molecule has 0 fully saturated rings. The fourth-order valence-corrected chi connectivity index (χ4v) is 2.09. The van der Waals surface area contributed by atoms with Crippen molar-refractivity contribution in [2.24, 2.45) is 0 Å². The van der Waals surface area contributed by atoms with Crippen LogP contribution in [0.4, 0.5) is 25.8 Å². The van der Waals surface area contributed by atoms with Crippen LogP contribution in [0.15, 0.2) is 30.3 Å². The van der Waals surface area contributed by atoms with Gasteiger partial charge in [-0.2, -0.15) is 0 Å². The summed E-state index contributed by atoms with van der Waals surface area (Å²) in [5.74, 6) is -1.41. The average molecular weight is 360 g/mol. The molecule has 0 atom stereocenters. The third-order valence-electron chi connectivity index (χ3n) is 2.59. The molecule has 0 aliphatic rings. The van der Waals surface area contributed by atoms with Crippen LogP contribution in [0.3, 0.4) is 0 Å². The van der Waals surface area contributed by atoms with Crippen LogP contribution in [0, 0.1) is 22.1 Å². The van der Waals surface area contributed by atoms with E-state index in [1.807, 2.05) is 19.1 Å². The number of hydrogen-bond donors (Lipinski definition) is 2. The Morgan fingerprint density at radius 3 is 2.39 bits per heavy atom. The lowest BCUT2D eigenvalue weighted by Crippen LogP contribution is -2.01. The maximum atomic E-state index is 13.6. The maximum absolute atomic E-state index is 13.6. The summed E-state index contributed by atoms with van der Waals surface area (Å²) < 4.78 is 28.3. The molecule has 0 bridgehead atoms. The first-order chi connectivity index (χ1) is 8.49. The Labute approximate surface area is 117 Å². The normalized spacial score (nSPS) is 10.4. The van der Waals surface area contributed by atoms with Gasteiger partial charge < -0.3 is 11.1 Å². The number of nitrogen functional groups attached to an aromatic ring is 1. The Kier molecular flexibility index (Phi) is 3.70. The van der Waals surface area contributed by atoms with Crippen LogP contribution in [-0.2, 0) is 0 Å². The summed E-state index contributed by atoms with van der Waals surface area (Å²) in [6.07, 6.45) is 0. The monoisotopic (exact) mass is 360 g/mol. The number of halogens is 3. The average Bonchev–Trinajstić information content (AvgIpc) is 2.28. The molecule has 0 radical (unpaired) electrons. The second-order valence-corrected chi connectivity index (χ2v) is 5.06. The van der Waals surface area contributed by atoms with Crippen molar-refractivity contribution in [3.63, 3.8) is 0 Å². The van der Waals surface area contributed by atoms with Gasteiger partial charge in [-0.15, -0.1) is 0 Å². The third-order valence-corrected chi connectivity index (χ3v) is 3.76. The van der Waals surface area contributed by atoms with Gasteiger partial charge >= 0.3 is 0 Å². The van der Waals surface area contributed by atoms with Crippen LogP contribution >= 0.6 is 22.6 Å². The van der Waals surface area contributed by atoms with E-state index in [1.165, 1.54) is 0 Å². The van der Waals surface area contributed by atoms with E-state index < -0.39 is 11.6 Å². The van der Waals surface area contributed by atoms with Gasteiger partial charge in [0.15, 0.2) is 11.6 Å². The molecule has 2 aromatic carbocycles. The van der Waals surface area contributed by atoms with E-state index in [2.05, 4.69) is 27.9 Å². The van der Waals surface area contributed by atoms with E-state index in [1.54, 1.807) is 6.07 Å². The highest BCUT2D eigenvalue weighted by Crippen LogP contribution is 2.28.